The lowest BCUT2D eigenvalue weighted by Crippen LogP contribution is -2.30. The molecule has 0 radical (unpaired) electrons. The first-order chi connectivity index (χ1) is 6.65. The predicted molar refractivity (Wildman–Crippen MR) is 60.8 cm³/mol. The monoisotopic (exact) mass is 228 g/mol. The van der Waals surface area contributed by atoms with Crippen LogP contribution < -0.4 is 0 Å². The summed E-state index contributed by atoms with van der Waals surface area (Å²) in [6.07, 6.45) is 1.05. The summed E-state index contributed by atoms with van der Waals surface area (Å²) in [5.74, 6) is 0.906. The number of hydrogen-bond acceptors (Lipinski definition) is 4. The number of thioether (sulfide) groups is 1. The summed E-state index contributed by atoms with van der Waals surface area (Å²) in [5, 5.41) is 8.56. The van der Waals surface area contributed by atoms with Gasteiger partial charge >= 0.3 is 0 Å². The molecule has 1 unspecified atom stereocenters. The van der Waals surface area contributed by atoms with Crippen molar-refractivity contribution in [1.29, 1.82) is 5.26 Å². The molecule has 1 amide bonds. The third-order valence-corrected chi connectivity index (χ3v) is 3.50. The van der Waals surface area contributed by atoms with E-state index in [-0.39, 0.29) is 11.8 Å². The number of hydrogen-bond donors (Lipinski definition) is 0. The molecule has 1 fully saturated rings. The number of carbonyl (C=O) groups excluding carboxylic acids is 1. The maximum absolute atomic E-state index is 11.6. The van der Waals surface area contributed by atoms with Gasteiger partial charge in [-0.05, 0) is 13.3 Å². The highest BCUT2D eigenvalue weighted by molar-refractivity contribution is 8.23. The Morgan fingerprint density at radius 2 is 2.57 bits per heavy atom. The van der Waals surface area contributed by atoms with Crippen LogP contribution in [-0.2, 0) is 4.79 Å². The number of thiocarbonyl (C=S) groups is 1. The van der Waals surface area contributed by atoms with E-state index in [1.165, 1.54) is 0 Å². The minimum absolute atomic E-state index is 0.0530. The smallest absolute Gasteiger partial charge is 0.228 e. The van der Waals surface area contributed by atoms with Gasteiger partial charge in [-0.3, -0.25) is 9.69 Å². The molecule has 0 saturated carbocycles. The van der Waals surface area contributed by atoms with Crippen molar-refractivity contribution in [2.75, 3.05) is 12.3 Å². The summed E-state index contributed by atoms with van der Waals surface area (Å²) in [7, 11) is 0. The molecule has 0 spiro atoms. The first-order valence-electron chi connectivity index (χ1n) is 4.52. The maximum atomic E-state index is 11.6. The minimum atomic E-state index is -0.0530. The molecule has 0 aromatic rings. The van der Waals surface area contributed by atoms with Gasteiger partial charge in [0.2, 0.25) is 5.91 Å². The Balaban J connectivity index is 2.35. The Kier molecular flexibility index (Phi) is 4.36. The summed E-state index contributed by atoms with van der Waals surface area (Å²) >= 11 is 6.57. The normalized spacial score (nSPS) is 18.0. The van der Waals surface area contributed by atoms with Gasteiger partial charge < -0.3 is 0 Å². The zero-order valence-corrected chi connectivity index (χ0v) is 9.66. The SMILES string of the molecule is CC(C#N)CCC(=O)N1CCSC1=S. The fraction of sp³-hybridized carbons (Fsp3) is 0.667. The second-order valence-electron chi connectivity index (χ2n) is 3.23. The van der Waals surface area contributed by atoms with Crippen molar-refractivity contribution in [2.45, 2.75) is 19.8 Å². The second kappa shape index (κ2) is 5.32. The molecular weight excluding hydrogens is 216 g/mol. The number of carbonyl (C=O) groups is 1. The first kappa shape index (κ1) is 11.5. The van der Waals surface area contributed by atoms with Crippen molar-refractivity contribution in [3.05, 3.63) is 0 Å². The van der Waals surface area contributed by atoms with Gasteiger partial charge in [0.05, 0.1) is 6.07 Å². The molecular formula is C9H12N2OS2. The molecule has 1 atom stereocenters. The quantitative estimate of drug-likeness (QED) is 0.691. The molecule has 3 nitrogen and oxygen atoms in total. The van der Waals surface area contributed by atoms with E-state index in [0.717, 1.165) is 12.3 Å². The van der Waals surface area contributed by atoms with Crippen molar-refractivity contribution in [2.24, 2.45) is 5.92 Å². The standard InChI is InChI=1S/C9H12N2OS2/c1-7(6-10)2-3-8(12)11-4-5-14-9(11)13/h7H,2-5H2,1H3. The van der Waals surface area contributed by atoms with Gasteiger partial charge in [-0.1, -0.05) is 24.0 Å². The second-order valence-corrected chi connectivity index (χ2v) is 4.96. The lowest BCUT2D eigenvalue weighted by molar-refractivity contribution is -0.127. The van der Waals surface area contributed by atoms with Gasteiger partial charge in [-0.25, -0.2) is 0 Å². The van der Waals surface area contributed by atoms with E-state index in [2.05, 4.69) is 6.07 Å². The number of nitriles is 1. The minimum Gasteiger partial charge on any atom is -0.297 e. The van der Waals surface area contributed by atoms with Crippen LogP contribution in [0.5, 0.6) is 0 Å². The Morgan fingerprint density at radius 1 is 1.86 bits per heavy atom. The first-order valence-corrected chi connectivity index (χ1v) is 5.91. The van der Waals surface area contributed by atoms with Gasteiger partial charge in [0.25, 0.3) is 0 Å². The molecule has 1 saturated heterocycles. The molecule has 1 heterocycles. The molecule has 1 rings (SSSR count). The van der Waals surface area contributed by atoms with Crippen LogP contribution in [0.4, 0.5) is 0 Å². The Hall–Kier alpha value is -0.600. The average molecular weight is 228 g/mol. The van der Waals surface area contributed by atoms with Crippen LogP contribution in [0.25, 0.3) is 0 Å². The van der Waals surface area contributed by atoms with Gasteiger partial charge in [-0.15, -0.1) is 0 Å². The number of amides is 1. The topological polar surface area (TPSA) is 44.1 Å². The van der Waals surface area contributed by atoms with Gasteiger partial charge in [0.15, 0.2) is 0 Å². The summed E-state index contributed by atoms with van der Waals surface area (Å²) in [6, 6.07) is 2.11. The highest BCUT2D eigenvalue weighted by Crippen LogP contribution is 2.19. The van der Waals surface area contributed by atoms with E-state index < -0.39 is 0 Å². The highest BCUT2D eigenvalue weighted by Gasteiger charge is 2.23. The highest BCUT2D eigenvalue weighted by atomic mass is 32.2. The molecule has 0 N–H and O–H groups in total. The molecule has 76 valence electrons. The molecule has 0 aromatic carbocycles. The summed E-state index contributed by atoms with van der Waals surface area (Å²) in [5.41, 5.74) is 0. The molecule has 0 bridgehead atoms. The van der Waals surface area contributed by atoms with Gasteiger partial charge in [0, 0.05) is 24.6 Å². The van der Waals surface area contributed by atoms with Crippen LogP contribution in [0, 0.1) is 17.2 Å². The van der Waals surface area contributed by atoms with E-state index in [0.29, 0.717) is 17.2 Å². The Morgan fingerprint density at radius 3 is 3.07 bits per heavy atom. The van der Waals surface area contributed by atoms with Crippen LogP contribution >= 0.6 is 24.0 Å². The predicted octanol–water partition coefficient (Wildman–Crippen LogP) is 1.79. The molecule has 5 heteroatoms. The zero-order valence-electron chi connectivity index (χ0n) is 8.02. The summed E-state index contributed by atoms with van der Waals surface area (Å²) in [4.78, 5) is 13.2. The van der Waals surface area contributed by atoms with Crippen molar-refractivity contribution in [3.8, 4) is 6.07 Å². The van der Waals surface area contributed by atoms with E-state index in [1.807, 2.05) is 6.92 Å². The molecule has 0 aliphatic carbocycles. The number of nitrogens with zero attached hydrogens (tertiary/aromatic N) is 2. The molecule has 1 aliphatic rings. The van der Waals surface area contributed by atoms with Crippen molar-refractivity contribution < 1.29 is 4.79 Å². The van der Waals surface area contributed by atoms with E-state index in [1.54, 1.807) is 16.7 Å². The fourth-order valence-electron chi connectivity index (χ4n) is 1.16. The van der Waals surface area contributed by atoms with Crippen molar-refractivity contribution in [3.63, 3.8) is 0 Å². The third-order valence-electron chi connectivity index (χ3n) is 2.07. The fourth-order valence-corrected chi connectivity index (χ4v) is 2.40. The van der Waals surface area contributed by atoms with E-state index >= 15 is 0 Å². The summed E-state index contributed by atoms with van der Waals surface area (Å²) < 4.78 is 0.680. The Bertz CT molecular complexity index is 285. The average Bonchev–Trinajstić information content (AvgIpc) is 2.60. The number of rotatable bonds is 3. The van der Waals surface area contributed by atoms with E-state index in [4.69, 9.17) is 17.5 Å². The van der Waals surface area contributed by atoms with Crippen LogP contribution in [0.2, 0.25) is 0 Å². The van der Waals surface area contributed by atoms with Crippen LogP contribution in [0.15, 0.2) is 0 Å². The largest absolute Gasteiger partial charge is 0.297 e. The van der Waals surface area contributed by atoms with Gasteiger partial charge in [-0.2, -0.15) is 5.26 Å². The van der Waals surface area contributed by atoms with Gasteiger partial charge in [0.1, 0.15) is 4.32 Å². The zero-order chi connectivity index (χ0) is 10.6. The van der Waals surface area contributed by atoms with Crippen LogP contribution in [0.3, 0.4) is 0 Å². The Labute approximate surface area is 93.4 Å². The lowest BCUT2D eigenvalue weighted by atomic mass is 10.1. The maximum Gasteiger partial charge on any atom is 0.228 e. The lowest BCUT2D eigenvalue weighted by Gasteiger charge is -2.14. The van der Waals surface area contributed by atoms with Crippen LogP contribution in [0.1, 0.15) is 19.8 Å². The van der Waals surface area contributed by atoms with Crippen molar-refractivity contribution in [1.82, 2.24) is 4.90 Å². The van der Waals surface area contributed by atoms with Crippen LogP contribution in [-0.4, -0.2) is 27.4 Å². The van der Waals surface area contributed by atoms with Crippen molar-refractivity contribution >= 4 is 34.2 Å². The summed E-state index contributed by atoms with van der Waals surface area (Å²) in [6.45, 7) is 2.55. The molecule has 14 heavy (non-hydrogen) atoms. The molecule has 0 aromatic heterocycles. The van der Waals surface area contributed by atoms with E-state index in [9.17, 15) is 4.79 Å². The third kappa shape index (κ3) is 2.96. The molecule has 1 aliphatic heterocycles.